The summed E-state index contributed by atoms with van der Waals surface area (Å²) in [5, 5.41) is 2.66. The molecule has 0 bridgehead atoms. The molecule has 0 aromatic heterocycles. The number of amides is 1. The van der Waals surface area contributed by atoms with Crippen molar-refractivity contribution in [3.8, 4) is 0 Å². The van der Waals surface area contributed by atoms with E-state index in [-0.39, 0.29) is 17.7 Å². The van der Waals surface area contributed by atoms with E-state index < -0.39 is 15.6 Å². The molecule has 0 atom stereocenters. The Kier molecular flexibility index (Phi) is 3.90. The lowest BCUT2D eigenvalue weighted by Crippen LogP contribution is -2.32. The van der Waals surface area contributed by atoms with Crippen LogP contribution in [0.15, 0.2) is 11.6 Å². The van der Waals surface area contributed by atoms with Crippen LogP contribution in [0, 0.1) is 0 Å². The fourth-order valence-corrected chi connectivity index (χ4v) is 2.24. The summed E-state index contributed by atoms with van der Waals surface area (Å²) in [5.74, 6) is -0.819. The summed E-state index contributed by atoms with van der Waals surface area (Å²) in [4.78, 5) is 11.2. The number of nitrogens with one attached hydrogen (secondary N) is 1. The maximum absolute atomic E-state index is 11.4. The number of hydrogen-bond acceptors (Lipinski definition) is 3. The highest BCUT2D eigenvalue weighted by Crippen LogP contribution is 2.18. The summed E-state index contributed by atoms with van der Waals surface area (Å²) in [7, 11) is -3.28. The van der Waals surface area contributed by atoms with Crippen molar-refractivity contribution >= 4 is 15.7 Å². The van der Waals surface area contributed by atoms with E-state index in [4.69, 9.17) is 0 Å². The van der Waals surface area contributed by atoms with Crippen LogP contribution in [0.4, 0.5) is 0 Å². The van der Waals surface area contributed by atoms with E-state index >= 15 is 0 Å². The largest absolute Gasteiger partial charge is 0.352 e. The Morgan fingerprint density at radius 2 is 2.00 bits per heavy atom. The normalized spacial score (nSPS) is 15.9. The summed E-state index contributed by atoms with van der Waals surface area (Å²) in [6.45, 7) is 3.67. The van der Waals surface area contributed by atoms with E-state index in [9.17, 15) is 13.2 Å². The predicted octanol–water partition coefficient (Wildman–Crippen LogP) is 0.646. The highest BCUT2D eigenvalue weighted by molar-refractivity contribution is 7.92. The molecule has 0 spiro atoms. The van der Waals surface area contributed by atoms with Crippen LogP contribution in [-0.2, 0) is 14.6 Å². The Labute approximate surface area is 90.7 Å². The molecule has 1 saturated carbocycles. The Balaban J connectivity index is 2.40. The topological polar surface area (TPSA) is 63.2 Å². The van der Waals surface area contributed by atoms with Crippen molar-refractivity contribution in [2.75, 3.05) is 11.5 Å². The van der Waals surface area contributed by atoms with Gasteiger partial charge in [0.2, 0.25) is 5.91 Å². The van der Waals surface area contributed by atoms with Crippen LogP contribution in [0.3, 0.4) is 0 Å². The zero-order valence-electron chi connectivity index (χ0n) is 9.12. The summed E-state index contributed by atoms with van der Waals surface area (Å²) >= 11 is 0. The summed E-state index contributed by atoms with van der Waals surface area (Å²) in [5.41, 5.74) is 0.946. The SMILES string of the molecule is CC(C)=CCS(=O)(=O)CC(=O)NC1CC1. The molecule has 0 aromatic carbocycles. The van der Waals surface area contributed by atoms with E-state index in [1.54, 1.807) is 6.08 Å². The second-order valence-electron chi connectivity index (χ2n) is 4.18. The molecule has 5 heteroatoms. The van der Waals surface area contributed by atoms with Crippen molar-refractivity contribution in [1.29, 1.82) is 0 Å². The maximum Gasteiger partial charge on any atom is 0.235 e. The zero-order valence-corrected chi connectivity index (χ0v) is 9.93. The molecular formula is C10H17NO3S. The molecule has 1 rings (SSSR count). The van der Waals surface area contributed by atoms with E-state index in [0.29, 0.717) is 0 Å². The lowest BCUT2D eigenvalue weighted by atomic mass is 10.3. The number of carbonyl (C=O) groups is 1. The van der Waals surface area contributed by atoms with Crippen molar-refractivity contribution in [3.63, 3.8) is 0 Å². The van der Waals surface area contributed by atoms with Gasteiger partial charge in [0.1, 0.15) is 5.75 Å². The highest BCUT2D eigenvalue weighted by Gasteiger charge is 2.25. The molecule has 1 fully saturated rings. The smallest absolute Gasteiger partial charge is 0.235 e. The van der Waals surface area contributed by atoms with Crippen molar-refractivity contribution in [2.45, 2.75) is 32.7 Å². The lowest BCUT2D eigenvalue weighted by molar-refractivity contribution is -0.118. The first-order valence-corrected chi connectivity index (χ1v) is 6.84. The van der Waals surface area contributed by atoms with E-state index in [2.05, 4.69) is 5.32 Å². The van der Waals surface area contributed by atoms with Gasteiger partial charge in [0.15, 0.2) is 9.84 Å². The third-order valence-electron chi connectivity index (χ3n) is 2.04. The van der Waals surface area contributed by atoms with Crippen molar-refractivity contribution in [1.82, 2.24) is 5.32 Å². The van der Waals surface area contributed by atoms with Crippen LogP contribution in [0.2, 0.25) is 0 Å². The van der Waals surface area contributed by atoms with Crippen molar-refractivity contribution in [2.24, 2.45) is 0 Å². The molecular weight excluding hydrogens is 214 g/mol. The van der Waals surface area contributed by atoms with Gasteiger partial charge in [-0.1, -0.05) is 11.6 Å². The average Bonchev–Trinajstić information content (AvgIpc) is 2.83. The molecule has 0 radical (unpaired) electrons. The van der Waals surface area contributed by atoms with Crippen LogP contribution in [0.5, 0.6) is 0 Å². The second-order valence-corrected chi connectivity index (χ2v) is 6.29. The van der Waals surface area contributed by atoms with Gasteiger partial charge in [-0.25, -0.2) is 8.42 Å². The third kappa shape index (κ3) is 5.57. The van der Waals surface area contributed by atoms with Crippen molar-refractivity contribution in [3.05, 3.63) is 11.6 Å². The molecule has 4 nitrogen and oxygen atoms in total. The molecule has 1 N–H and O–H groups in total. The molecule has 0 aromatic rings. The molecule has 1 aliphatic rings. The minimum Gasteiger partial charge on any atom is -0.352 e. The van der Waals surface area contributed by atoms with E-state index in [0.717, 1.165) is 18.4 Å². The number of allylic oxidation sites excluding steroid dienone is 1. The van der Waals surface area contributed by atoms with Crippen molar-refractivity contribution < 1.29 is 13.2 Å². The molecule has 0 unspecified atom stereocenters. The number of sulfone groups is 1. The zero-order chi connectivity index (χ0) is 11.5. The monoisotopic (exact) mass is 231 g/mol. The van der Waals surface area contributed by atoms with Gasteiger partial charge in [-0.15, -0.1) is 0 Å². The van der Waals surface area contributed by atoms with Gasteiger partial charge >= 0.3 is 0 Å². The average molecular weight is 231 g/mol. The lowest BCUT2D eigenvalue weighted by Gasteiger charge is -2.03. The Morgan fingerprint density at radius 3 is 2.47 bits per heavy atom. The molecule has 1 amide bonds. The Hall–Kier alpha value is -0.840. The highest BCUT2D eigenvalue weighted by atomic mass is 32.2. The third-order valence-corrected chi connectivity index (χ3v) is 3.42. The van der Waals surface area contributed by atoms with Gasteiger partial charge in [0.05, 0.1) is 5.75 Å². The van der Waals surface area contributed by atoms with Gasteiger partial charge in [-0.3, -0.25) is 4.79 Å². The van der Waals surface area contributed by atoms with Crippen LogP contribution in [-0.4, -0.2) is 31.9 Å². The van der Waals surface area contributed by atoms with Crippen LogP contribution < -0.4 is 5.32 Å². The van der Waals surface area contributed by atoms with E-state index in [1.165, 1.54) is 0 Å². The molecule has 0 saturated heterocycles. The number of rotatable bonds is 5. The summed E-state index contributed by atoms with van der Waals surface area (Å²) in [6, 6.07) is 0.219. The summed E-state index contributed by atoms with van der Waals surface area (Å²) < 4.78 is 22.9. The minimum atomic E-state index is -3.28. The van der Waals surface area contributed by atoms with Gasteiger partial charge in [0.25, 0.3) is 0 Å². The van der Waals surface area contributed by atoms with E-state index in [1.807, 2.05) is 13.8 Å². The predicted molar refractivity (Wildman–Crippen MR) is 59.2 cm³/mol. The molecule has 0 heterocycles. The fraction of sp³-hybridized carbons (Fsp3) is 0.700. The number of hydrogen-bond donors (Lipinski definition) is 1. The van der Waals surface area contributed by atoms with Crippen LogP contribution in [0.1, 0.15) is 26.7 Å². The first-order chi connectivity index (χ1) is 6.89. The second kappa shape index (κ2) is 4.79. The van der Waals surface area contributed by atoms with Gasteiger partial charge < -0.3 is 5.32 Å². The minimum absolute atomic E-state index is 0.0482. The first kappa shape index (κ1) is 12.2. The van der Waals surface area contributed by atoms with Gasteiger partial charge in [-0.05, 0) is 26.7 Å². The fourth-order valence-electron chi connectivity index (χ4n) is 1.05. The number of carbonyl (C=O) groups excluding carboxylic acids is 1. The van der Waals surface area contributed by atoms with Crippen LogP contribution in [0.25, 0.3) is 0 Å². The molecule has 15 heavy (non-hydrogen) atoms. The Bertz CT molecular complexity index is 362. The molecule has 86 valence electrons. The van der Waals surface area contributed by atoms with Crippen LogP contribution >= 0.6 is 0 Å². The maximum atomic E-state index is 11.4. The molecule has 0 aliphatic heterocycles. The standard InChI is InChI=1S/C10H17NO3S/c1-8(2)5-6-15(13,14)7-10(12)11-9-3-4-9/h5,9H,3-4,6-7H2,1-2H3,(H,11,12). The first-order valence-electron chi connectivity index (χ1n) is 5.02. The Morgan fingerprint density at radius 1 is 1.40 bits per heavy atom. The summed E-state index contributed by atoms with van der Waals surface area (Å²) in [6.07, 6.45) is 3.57. The molecule has 1 aliphatic carbocycles. The van der Waals surface area contributed by atoms with Gasteiger partial charge in [0, 0.05) is 6.04 Å². The quantitative estimate of drug-likeness (QED) is 0.706. The van der Waals surface area contributed by atoms with Gasteiger partial charge in [-0.2, -0.15) is 0 Å².